The summed E-state index contributed by atoms with van der Waals surface area (Å²) in [6.45, 7) is 5.53. The topological polar surface area (TPSA) is 61.9 Å². The van der Waals surface area contributed by atoms with Gasteiger partial charge in [0.05, 0.1) is 24.6 Å². The summed E-state index contributed by atoms with van der Waals surface area (Å²) in [4.78, 5) is 31.1. The molecule has 2 aliphatic rings. The minimum atomic E-state index is -0.195. The second kappa shape index (κ2) is 9.18. The second-order valence-corrected chi connectivity index (χ2v) is 9.40. The Bertz CT molecular complexity index is 903. The number of anilines is 2. The van der Waals surface area contributed by atoms with E-state index in [1.165, 1.54) is 21.8 Å². The Hall–Kier alpha value is -2.38. The van der Waals surface area contributed by atoms with Crippen LogP contribution in [0.25, 0.3) is 0 Å². The Morgan fingerprint density at radius 2 is 1.97 bits per heavy atom. The van der Waals surface area contributed by atoms with Gasteiger partial charge in [-0.05, 0) is 61.1 Å². The van der Waals surface area contributed by atoms with Crippen molar-refractivity contribution in [1.82, 2.24) is 4.90 Å². The number of nitrogens with zero attached hydrogens (tertiary/aromatic N) is 2. The van der Waals surface area contributed by atoms with Crippen molar-refractivity contribution in [3.63, 3.8) is 0 Å². The quantitative estimate of drug-likeness (QED) is 0.794. The number of thiophene rings is 1. The summed E-state index contributed by atoms with van der Waals surface area (Å²) in [5.74, 6) is 0.396. The van der Waals surface area contributed by atoms with Gasteiger partial charge in [0.25, 0.3) is 5.91 Å². The monoisotopic (exact) mass is 427 g/mol. The number of morpholine rings is 1. The lowest BCUT2D eigenvalue weighted by Crippen LogP contribution is -2.36. The van der Waals surface area contributed by atoms with Crippen LogP contribution in [-0.4, -0.2) is 56.6 Å². The largest absolute Gasteiger partial charge is 0.378 e. The van der Waals surface area contributed by atoms with Gasteiger partial charge in [0, 0.05) is 36.4 Å². The van der Waals surface area contributed by atoms with Crippen LogP contribution in [0.3, 0.4) is 0 Å². The molecule has 6 nitrogen and oxygen atoms in total. The van der Waals surface area contributed by atoms with E-state index in [1.807, 2.05) is 30.3 Å². The fourth-order valence-electron chi connectivity index (χ4n) is 4.06. The van der Waals surface area contributed by atoms with Crippen molar-refractivity contribution in [3.05, 3.63) is 45.6 Å². The summed E-state index contributed by atoms with van der Waals surface area (Å²) < 4.78 is 5.38. The predicted octanol–water partition coefficient (Wildman–Crippen LogP) is 3.42. The lowest BCUT2D eigenvalue weighted by molar-refractivity contribution is -0.116. The summed E-state index contributed by atoms with van der Waals surface area (Å²) in [5.41, 5.74) is 3.17. The summed E-state index contributed by atoms with van der Waals surface area (Å²) in [5, 5.41) is 2.89. The molecule has 2 heterocycles. The maximum absolute atomic E-state index is 12.8. The van der Waals surface area contributed by atoms with Gasteiger partial charge < -0.3 is 19.9 Å². The third-order valence-corrected chi connectivity index (χ3v) is 7.02. The van der Waals surface area contributed by atoms with Crippen LogP contribution in [0.2, 0.25) is 0 Å². The van der Waals surface area contributed by atoms with Crippen molar-refractivity contribution in [1.29, 1.82) is 0 Å². The van der Waals surface area contributed by atoms with Gasteiger partial charge in [-0.3, -0.25) is 9.59 Å². The van der Waals surface area contributed by atoms with Crippen molar-refractivity contribution in [3.8, 4) is 0 Å². The van der Waals surface area contributed by atoms with E-state index in [-0.39, 0.29) is 18.4 Å². The number of fused-ring (bicyclic) bond motifs is 1. The molecule has 1 atom stereocenters. The molecule has 1 aromatic heterocycles. The van der Waals surface area contributed by atoms with Gasteiger partial charge in [-0.25, -0.2) is 0 Å². The minimum absolute atomic E-state index is 0.0308. The van der Waals surface area contributed by atoms with Crippen LogP contribution in [-0.2, 0) is 22.4 Å². The van der Waals surface area contributed by atoms with Crippen LogP contribution in [0.1, 0.15) is 33.5 Å². The van der Waals surface area contributed by atoms with E-state index in [0.717, 1.165) is 55.4 Å². The Balaban J connectivity index is 1.31. The lowest BCUT2D eigenvalue weighted by Gasteiger charge is -2.28. The molecule has 1 saturated heterocycles. The number of benzene rings is 1. The maximum Gasteiger partial charge on any atom is 0.264 e. The smallest absolute Gasteiger partial charge is 0.264 e. The zero-order valence-corrected chi connectivity index (χ0v) is 18.5. The van der Waals surface area contributed by atoms with Gasteiger partial charge in [-0.1, -0.05) is 6.92 Å². The van der Waals surface area contributed by atoms with E-state index in [1.54, 1.807) is 18.4 Å². The third-order valence-electron chi connectivity index (χ3n) is 5.79. The molecule has 30 heavy (non-hydrogen) atoms. The van der Waals surface area contributed by atoms with E-state index in [9.17, 15) is 9.59 Å². The van der Waals surface area contributed by atoms with Crippen molar-refractivity contribution in [2.24, 2.45) is 5.92 Å². The molecule has 1 aliphatic heterocycles. The maximum atomic E-state index is 12.8. The lowest BCUT2D eigenvalue weighted by atomic mass is 9.90. The number of amides is 2. The molecule has 0 spiro atoms. The summed E-state index contributed by atoms with van der Waals surface area (Å²) in [7, 11) is 1.69. The fourth-order valence-corrected chi connectivity index (χ4v) is 5.27. The number of ether oxygens (including phenoxy) is 1. The Morgan fingerprint density at radius 1 is 1.23 bits per heavy atom. The summed E-state index contributed by atoms with van der Waals surface area (Å²) in [6, 6.07) is 9.84. The highest BCUT2D eigenvalue weighted by Gasteiger charge is 2.23. The molecule has 4 rings (SSSR count). The summed E-state index contributed by atoms with van der Waals surface area (Å²) >= 11 is 1.58. The number of aryl methyl sites for hydroxylation is 1. The highest BCUT2D eigenvalue weighted by Crippen LogP contribution is 2.32. The Labute approximate surface area is 181 Å². The predicted molar refractivity (Wildman–Crippen MR) is 121 cm³/mol. The average Bonchev–Trinajstić information content (AvgIpc) is 3.17. The van der Waals surface area contributed by atoms with Gasteiger partial charge in [0.1, 0.15) is 0 Å². The first kappa shape index (κ1) is 20.9. The van der Waals surface area contributed by atoms with Crippen LogP contribution in [0, 0.1) is 5.92 Å². The standard InChI is InChI=1S/C23H29N3O3S/c1-16-3-8-20-17(13-16)14-21(30-20)23(28)25(2)15-22(27)24-18-4-6-19(7-5-18)26-9-11-29-12-10-26/h4-7,14,16H,3,8-13,15H2,1-2H3,(H,24,27)/t16-/m1/s1. The van der Waals surface area contributed by atoms with Crippen molar-refractivity contribution in [2.45, 2.75) is 26.2 Å². The van der Waals surface area contributed by atoms with Crippen LogP contribution in [0.5, 0.6) is 0 Å². The van der Waals surface area contributed by atoms with Gasteiger partial charge in [0.15, 0.2) is 0 Å². The molecule has 160 valence electrons. The van der Waals surface area contributed by atoms with Crippen LogP contribution >= 0.6 is 11.3 Å². The number of likely N-dealkylation sites (N-methyl/N-ethyl adjacent to an activating group) is 1. The number of hydrogen-bond donors (Lipinski definition) is 1. The molecular weight excluding hydrogens is 398 g/mol. The number of hydrogen-bond acceptors (Lipinski definition) is 5. The second-order valence-electron chi connectivity index (χ2n) is 8.26. The SMILES string of the molecule is C[C@@H]1CCc2sc(C(=O)N(C)CC(=O)Nc3ccc(N4CCOCC4)cc3)cc2C1. The van der Waals surface area contributed by atoms with E-state index < -0.39 is 0 Å². The molecule has 1 fully saturated rings. The molecule has 1 aromatic carbocycles. The average molecular weight is 428 g/mol. The van der Waals surface area contributed by atoms with Crippen LogP contribution in [0.15, 0.2) is 30.3 Å². The van der Waals surface area contributed by atoms with Gasteiger partial charge >= 0.3 is 0 Å². The fraction of sp³-hybridized carbons (Fsp3) is 0.478. The molecule has 1 aliphatic carbocycles. The third kappa shape index (κ3) is 4.84. The summed E-state index contributed by atoms with van der Waals surface area (Å²) in [6.07, 6.45) is 3.28. The van der Waals surface area contributed by atoms with E-state index >= 15 is 0 Å². The van der Waals surface area contributed by atoms with Crippen molar-refractivity contribution >= 4 is 34.5 Å². The molecule has 0 saturated carbocycles. The highest BCUT2D eigenvalue weighted by molar-refractivity contribution is 7.14. The van der Waals surface area contributed by atoms with Gasteiger partial charge in [-0.2, -0.15) is 0 Å². The number of nitrogens with one attached hydrogen (secondary N) is 1. The molecule has 0 radical (unpaired) electrons. The van der Waals surface area contributed by atoms with E-state index in [0.29, 0.717) is 5.92 Å². The molecule has 0 unspecified atom stereocenters. The first-order chi connectivity index (χ1) is 14.5. The van der Waals surface area contributed by atoms with Crippen LogP contribution < -0.4 is 10.2 Å². The Kier molecular flexibility index (Phi) is 6.39. The zero-order chi connectivity index (χ0) is 21.1. The van der Waals surface area contributed by atoms with Crippen LogP contribution in [0.4, 0.5) is 11.4 Å². The van der Waals surface area contributed by atoms with Gasteiger partial charge in [0.2, 0.25) is 5.91 Å². The Morgan fingerprint density at radius 3 is 2.70 bits per heavy atom. The van der Waals surface area contributed by atoms with Crippen molar-refractivity contribution < 1.29 is 14.3 Å². The number of carbonyl (C=O) groups excluding carboxylic acids is 2. The molecule has 0 bridgehead atoms. The molecular formula is C23H29N3O3S. The first-order valence-electron chi connectivity index (χ1n) is 10.6. The zero-order valence-electron chi connectivity index (χ0n) is 17.6. The normalized spacial score (nSPS) is 18.6. The molecule has 1 N–H and O–H groups in total. The number of rotatable bonds is 5. The highest BCUT2D eigenvalue weighted by atomic mass is 32.1. The molecule has 2 amide bonds. The van der Waals surface area contributed by atoms with E-state index in [4.69, 9.17) is 4.74 Å². The first-order valence-corrected chi connectivity index (χ1v) is 11.4. The number of carbonyl (C=O) groups is 2. The van der Waals surface area contributed by atoms with Crippen molar-refractivity contribution in [2.75, 3.05) is 50.1 Å². The minimum Gasteiger partial charge on any atom is -0.378 e. The molecule has 2 aromatic rings. The van der Waals surface area contributed by atoms with Gasteiger partial charge in [-0.15, -0.1) is 11.3 Å². The molecule has 7 heteroatoms. The van der Waals surface area contributed by atoms with E-state index in [2.05, 4.69) is 17.1 Å².